The summed E-state index contributed by atoms with van der Waals surface area (Å²) in [6.07, 6.45) is 0.676. The molecule has 0 bridgehead atoms. The Kier molecular flexibility index (Phi) is 4.80. The molecule has 0 aliphatic carbocycles. The smallest absolute Gasteiger partial charge is 0.123 e. The minimum Gasteiger partial charge on any atom is -0.312 e. The van der Waals surface area contributed by atoms with Gasteiger partial charge in [0, 0.05) is 6.54 Å². The fourth-order valence-electron chi connectivity index (χ4n) is 1.97. The SMILES string of the molecule is N#Cc1ccc(F)cc1CNCCc1cccc(F)c1. The van der Waals surface area contributed by atoms with Crippen molar-refractivity contribution in [3.63, 3.8) is 0 Å². The highest BCUT2D eigenvalue weighted by Crippen LogP contribution is 2.10. The Morgan fingerprint density at radius 1 is 1.05 bits per heavy atom. The Bertz CT molecular complexity index is 633. The molecule has 0 spiro atoms. The van der Waals surface area contributed by atoms with Crippen molar-refractivity contribution in [3.8, 4) is 6.07 Å². The van der Waals surface area contributed by atoms with Crippen LogP contribution in [0.25, 0.3) is 0 Å². The molecule has 2 aromatic carbocycles. The van der Waals surface area contributed by atoms with Gasteiger partial charge in [0.1, 0.15) is 11.6 Å². The largest absolute Gasteiger partial charge is 0.312 e. The van der Waals surface area contributed by atoms with Crippen LogP contribution in [-0.4, -0.2) is 6.54 Å². The van der Waals surface area contributed by atoms with Gasteiger partial charge in [0.25, 0.3) is 0 Å². The third-order valence-electron chi connectivity index (χ3n) is 2.98. The molecule has 0 aliphatic rings. The van der Waals surface area contributed by atoms with E-state index in [2.05, 4.69) is 5.32 Å². The zero-order chi connectivity index (χ0) is 14.4. The van der Waals surface area contributed by atoms with E-state index in [1.165, 1.54) is 30.3 Å². The second-order valence-corrected chi connectivity index (χ2v) is 4.47. The lowest BCUT2D eigenvalue weighted by molar-refractivity contribution is 0.616. The molecular formula is C16H14F2N2. The quantitative estimate of drug-likeness (QED) is 0.849. The van der Waals surface area contributed by atoms with Crippen molar-refractivity contribution in [1.82, 2.24) is 5.32 Å². The van der Waals surface area contributed by atoms with Gasteiger partial charge in [-0.05, 0) is 54.4 Å². The number of nitrogens with zero attached hydrogens (tertiary/aromatic N) is 1. The van der Waals surface area contributed by atoms with Crippen molar-refractivity contribution in [2.75, 3.05) is 6.54 Å². The van der Waals surface area contributed by atoms with Crippen LogP contribution in [0.1, 0.15) is 16.7 Å². The maximum atomic E-state index is 13.1. The fourth-order valence-corrected chi connectivity index (χ4v) is 1.97. The van der Waals surface area contributed by atoms with Crippen LogP contribution >= 0.6 is 0 Å². The van der Waals surface area contributed by atoms with E-state index in [0.29, 0.717) is 30.6 Å². The van der Waals surface area contributed by atoms with E-state index in [-0.39, 0.29) is 11.6 Å². The second-order valence-electron chi connectivity index (χ2n) is 4.47. The molecule has 102 valence electrons. The number of rotatable bonds is 5. The summed E-state index contributed by atoms with van der Waals surface area (Å²) in [5.74, 6) is -0.606. The minimum absolute atomic E-state index is 0.251. The van der Waals surface area contributed by atoms with Gasteiger partial charge in [0.2, 0.25) is 0 Å². The monoisotopic (exact) mass is 272 g/mol. The standard InChI is InChI=1S/C16H14F2N2/c17-15-3-1-2-12(8-15)6-7-20-11-14-9-16(18)5-4-13(14)10-19/h1-5,8-9,20H,6-7,11H2. The minimum atomic E-state index is -0.356. The molecule has 1 N–H and O–H groups in total. The summed E-state index contributed by atoms with van der Waals surface area (Å²) in [6.45, 7) is 1.04. The van der Waals surface area contributed by atoms with Gasteiger partial charge in [0.05, 0.1) is 11.6 Å². The van der Waals surface area contributed by atoms with Crippen LogP contribution in [0.4, 0.5) is 8.78 Å². The number of nitrogens with one attached hydrogen (secondary N) is 1. The molecule has 2 nitrogen and oxygen atoms in total. The number of halogens is 2. The van der Waals surface area contributed by atoms with Crippen molar-refractivity contribution >= 4 is 0 Å². The number of nitriles is 1. The Labute approximate surface area is 116 Å². The summed E-state index contributed by atoms with van der Waals surface area (Å²) in [6, 6.07) is 12.6. The van der Waals surface area contributed by atoms with Crippen LogP contribution in [0.15, 0.2) is 42.5 Å². The number of hydrogen-bond donors (Lipinski definition) is 1. The van der Waals surface area contributed by atoms with Gasteiger partial charge in [-0.2, -0.15) is 5.26 Å². The van der Waals surface area contributed by atoms with Crippen molar-refractivity contribution in [2.45, 2.75) is 13.0 Å². The molecule has 4 heteroatoms. The molecule has 0 saturated heterocycles. The summed E-state index contributed by atoms with van der Waals surface area (Å²) < 4.78 is 26.1. The first kappa shape index (κ1) is 14.2. The summed E-state index contributed by atoms with van der Waals surface area (Å²) in [4.78, 5) is 0. The molecule has 2 rings (SSSR count). The zero-order valence-corrected chi connectivity index (χ0v) is 10.9. The third kappa shape index (κ3) is 3.87. The highest BCUT2D eigenvalue weighted by molar-refractivity contribution is 5.37. The van der Waals surface area contributed by atoms with Gasteiger partial charge in [-0.25, -0.2) is 8.78 Å². The summed E-state index contributed by atoms with van der Waals surface area (Å²) in [5, 5.41) is 12.1. The predicted octanol–water partition coefficient (Wildman–Crippen LogP) is 3.17. The molecule has 0 radical (unpaired) electrons. The van der Waals surface area contributed by atoms with Crippen LogP contribution in [0, 0.1) is 23.0 Å². The Morgan fingerprint density at radius 3 is 2.60 bits per heavy atom. The number of benzene rings is 2. The van der Waals surface area contributed by atoms with Gasteiger partial charge in [-0.15, -0.1) is 0 Å². The normalized spacial score (nSPS) is 10.2. The first-order chi connectivity index (χ1) is 9.69. The predicted molar refractivity (Wildman–Crippen MR) is 72.9 cm³/mol. The molecule has 0 aliphatic heterocycles. The Hall–Kier alpha value is -2.25. The maximum absolute atomic E-state index is 13.1. The van der Waals surface area contributed by atoms with Gasteiger partial charge in [-0.3, -0.25) is 0 Å². The molecule has 0 amide bonds. The van der Waals surface area contributed by atoms with Crippen LogP contribution in [0.2, 0.25) is 0 Å². The van der Waals surface area contributed by atoms with Gasteiger partial charge >= 0.3 is 0 Å². The van der Waals surface area contributed by atoms with E-state index in [0.717, 1.165) is 5.56 Å². The lowest BCUT2D eigenvalue weighted by atomic mass is 10.1. The lowest BCUT2D eigenvalue weighted by Gasteiger charge is -2.07. The van der Waals surface area contributed by atoms with Gasteiger partial charge < -0.3 is 5.32 Å². The Balaban J connectivity index is 1.87. The average Bonchev–Trinajstić information content (AvgIpc) is 2.44. The highest BCUT2D eigenvalue weighted by atomic mass is 19.1. The third-order valence-corrected chi connectivity index (χ3v) is 2.98. The van der Waals surface area contributed by atoms with E-state index in [1.54, 1.807) is 6.07 Å². The van der Waals surface area contributed by atoms with E-state index in [9.17, 15) is 8.78 Å². The zero-order valence-electron chi connectivity index (χ0n) is 10.9. The topological polar surface area (TPSA) is 35.8 Å². The first-order valence-electron chi connectivity index (χ1n) is 6.33. The molecule has 0 saturated carbocycles. The van der Waals surface area contributed by atoms with Crippen molar-refractivity contribution in [2.24, 2.45) is 0 Å². The van der Waals surface area contributed by atoms with Crippen molar-refractivity contribution < 1.29 is 8.78 Å². The lowest BCUT2D eigenvalue weighted by Crippen LogP contribution is -2.17. The summed E-state index contributed by atoms with van der Waals surface area (Å²) in [5.41, 5.74) is 1.99. The second kappa shape index (κ2) is 6.78. The van der Waals surface area contributed by atoms with Crippen LogP contribution < -0.4 is 5.32 Å². The van der Waals surface area contributed by atoms with E-state index in [4.69, 9.17) is 5.26 Å². The van der Waals surface area contributed by atoms with Crippen LogP contribution in [0.3, 0.4) is 0 Å². The number of hydrogen-bond acceptors (Lipinski definition) is 2. The fraction of sp³-hybridized carbons (Fsp3) is 0.188. The van der Waals surface area contributed by atoms with Gasteiger partial charge in [0.15, 0.2) is 0 Å². The van der Waals surface area contributed by atoms with E-state index >= 15 is 0 Å². The summed E-state index contributed by atoms with van der Waals surface area (Å²) in [7, 11) is 0. The van der Waals surface area contributed by atoms with Crippen LogP contribution in [0.5, 0.6) is 0 Å². The molecule has 2 aromatic rings. The molecule has 20 heavy (non-hydrogen) atoms. The summed E-state index contributed by atoms with van der Waals surface area (Å²) >= 11 is 0. The molecule has 0 aromatic heterocycles. The first-order valence-corrected chi connectivity index (χ1v) is 6.33. The van der Waals surface area contributed by atoms with Crippen molar-refractivity contribution in [3.05, 3.63) is 70.8 Å². The molecule has 0 atom stereocenters. The van der Waals surface area contributed by atoms with E-state index in [1.807, 2.05) is 12.1 Å². The molecule has 0 heterocycles. The molecule has 0 fully saturated rings. The molecular weight excluding hydrogens is 258 g/mol. The molecule has 0 unspecified atom stereocenters. The highest BCUT2D eigenvalue weighted by Gasteiger charge is 2.03. The van der Waals surface area contributed by atoms with E-state index < -0.39 is 0 Å². The van der Waals surface area contributed by atoms with Crippen LogP contribution in [-0.2, 0) is 13.0 Å². The van der Waals surface area contributed by atoms with Gasteiger partial charge in [-0.1, -0.05) is 12.1 Å². The average molecular weight is 272 g/mol. The van der Waals surface area contributed by atoms with Crippen molar-refractivity contribution in [1.29, 1.82) is 5.26 Å². The maximum Gasteiger partial charge on any atom is 0.123 e. The Morgan fingerprint density at radius 2 is 1.85 bits per heavy atom.